The lowest BCUT2D eigenvalue weighted by Crippen LogP contribution is -2.31. The Balaban J connectivity index is 1.41. The van der Waals surface area contributed by atoms with E-state index < -0.39 is 18.2 Å². The molecule has 3 aromatic rings. The molecular weight excluding hydrogens is 584 g/mol. The molecule has 1 aliphatic heterocycles. The largest absolute Gasteiger partial charge is 0.478 e. The lowest BCUT2D eigenvalue weighted by atomic mass is 10.0. The summed E-state index contributed by atoms with van der Waals surface area (Å²) < 4.78 is 12.8. The molecule has 10 nitrogen and oxygen atoms in total. The number of amides is 2. The number of aromatic carboxylic acids is 1. The number of carbonyl (C=O) groups excluding carboxylic acids is 2. The van der Waals surface area contributed by atoms with Crippen molar-refractivity contribution in [3.8, 4) is 0 Å². The molecule has 11 heteroatoms. The van der Waals surface area contributed by atoms with Gasteiger partial charge in [0, 0.05) is 41.2 Å². The second-order valence-corrected chi connectivity index (χ2v) is 11.6. The van der Waals surface area contributed by atoms with E-state index in [1.165, 1.54) is 11.8 Å². The van der Waals surface area contributed by atoms with Crippen LogP contribution in [0, 0.1) is 0 Å². The number of carboxylic acids is 1. The number of carboxylic acid groups (broad SMARTS) is 1. The van der Waals surface area contributed by atoms with Crippen LogP contribution in [0.25, 0.3) is 0 Å². The molecule has 0 aromatic heterocycles. The van der Waals surface area contributed by atoms with Crippen LogP contribution in [-0.4, -0.2) is 45.1 Å². The van der Waals surface area contributed by atoms with E-state index in [0.29, 0.717) is 42.0 Å². The third-order valence-corrected chi connectivity index (χ3v) is 8.49. The van der Waals surface area contributed by atoms with Crippen LogP contribution in [0.3, 0.4) is 0 Å². The SMILES string of the molecule is O=C(CCCCCCC(=O)Nc1cccc([C@H]2O[C@@H](CSc3ccccc3C(=O)O)C[C@@H](c3ccc(CO)cc3)O2)c1)NO. The smallest absolute Gasteiger partial charge is 0.336 e. The fraction of sp³-hybridized carbons (Fsp3) is 0.364. The number of carbonyl (C=O) groups is 3. The summed E-state index contributed by atoms with van der Waals surface area (Å²) in [6, 6.07) is 21.8. The Labute approximate surface area is 260 Å². The Morgan fingerprint density at radius 2 is 1.57 bits per heavy atom. The van der Waals surface area contributed by atoms with Crippen LogP contribution >= 0.6 is 11.8 Å². The number of hydroxylamine groups is 1. The molecule has 0 spiro atoms. The fourth-order valence-corrected chi connectivity index (χ4v) is 6.01. The zero-order valence-corrected chi connectivity index (χ0v) is 25.1. The summed E-state index contributed by atoms with van der Waals surface area (Å²) in [7, 11) is 0. The van der Waals surface area contributed by atoms with Crippen LogP contribution < -0.4 is 10.8 Å². The van der Waals surface area contributed by atoms with Crippen LogP contribution in [0.5, 0.6) is 0 Å². The maximum absolute atomic E-state index is 12.6. The number of thioether (sulfide) groups is 1. The van der Waals surface area contributed by atoms with E-state index in [0.717, 1.165) is 29.5 Å². The van der Waals surface area contributed by atoms with Gasteiger partial charge in [-0.3, -0.25) is 14.8 Å². The summed E-state index contributed by atoms with van der Waals surface area (Å²) in [5.41, 5.74) is 4.96. The average molecular weight is 623 g/mol. The van der Waals surface area contributed by atoms with Gasteiger partial charge in [0.1, 0.15) is 0 Å². The molecule has 1 saturated heterocycles. The Bertz CT molecular complexity index is 1400. The first kappa shape index (κ1) is 33.2. The molecule has 4 rings (SSSR count). The van der Waals surface area contributed by atoms with E-state index in [-0.39, 0.29) is 36.7 Å². The second-order valence-electron chi connectivity index (χ2n) is 10.6. The van der Waals surface area contributed by atoms with E-state index in [1.807, 2.05) is 48.5 Å². The molecule has 0 unspecified atom stereocenters. The van der Waals surface area contributed by atoms with Crippen molar-refractivity contribution in [3.05, 3.63) is 95.1 Å². The first-order valence-corrected chi connectivity index (χ1v) is 15.6. The van der Waals surface area contributed by atoms with Gasteiger partial charge in [0.05, 0.1) is 24.4 Å². The predicted molar refractivity (Wildman–Crippen MR) is 165 cm³/mol. The van der Waals surface area contributed by atoms with Gasteiger partial charge in [-0.2, -0.15) is 0 Å². The van der Waals surface area contributed by atoms with Gasteiger partial charge in [0.2, 0.25) is 11.8 Å². The third kappa shape index (κ3) is 9.90. The van der Waals surface area contributed by atoms with Crippen molar-refractivity contribution in [1.82, 2.24) is 5.48 Å². The standard InChI is InChI=1S/C33H38N2O8S/c36-20-22-14-16-23(17-15-22)28-19-26(21-44-29-11-6-5-10-27(29)32(39)40)42-33(43-28)24-8-7-9-25(18-24)34-30(37)12-3-1-2-4-13-31(38)35-41/h5-11,14-18,26,28,33,36,41H,1-4,12-13,19-21H2,(H,34,37)(H,35,38)(H,39,40)/t26-,28+,33+/m1/s1. The van der Waals surface area contributed by atoms with Gasteiger partial charge in [0.15, 0.2) is 6.29 Å². The lowest BCUT2D eigenvalue weighted by Gasteiger charge is -2.36. The Morgan fingerprint density at radius 1 is 0.841 bits per heavy atom. The molecule has 44 heavy (non-hydrogen) atoms. The zero-order chi connectivity index (χ0) is 31.3. The summed E-state index contributed by atoms with van der Waals surface area (Å²) in [6.07, 6.45) is 2.79. The van der Waals surface area contributed by atoms with E-state index in [4.69, 9.17) is 14.7 Å². The van der Waals surface area contributed by atoms with Gasteiger partial charge in [-0.1, -0.05) is 61.4 Å². The number of nitrogens with one attached hydrogen (secondary N) is 2. The molecule has 234 valence electrons. The van der Waals surface area contributed by atoms with Gasteiger partial charge in [0.25, 0.3) is 0 Å². The maximum atomic E-state index is 12.6. The first-order chi connectivity index (χ1) is 21.4. The topological polar surface area (TPSA) is 154 Å². The number of aliphatic hydroxyl groups excluding tert-OH is 1. The Kier molecular flexibility index (Phi) is 12.8. The highest BCUT2D eigenvalue weighted by Crippen LogP contribution is 2.40. The minimum absolute atomic E-state index is 0.0539. The van der Waals surface area contributed by atoms with Crippen molar-refractivity contribution in [3.63, 3.8) is 0 Å². The maximum Gasteiger partial charge on any atom is 0.336 e. The number of anilines is 1. The molecule has 3 aromatic carbocycles. The Hall–Kier alpha value is -3.74. The molecule has 1 heterocycles. The van der Waals surface area contributed by atoms with Gasteiger partial charge in [-0.05, 0) is 48.2 Å². The minimum atomic E-state index is -0.980. The van der Waals surface area contributed by atoms with Crippen molar-refractivity contribution in [2.75, 3.05) is 11.1 Å². The molecule has 0 saturated carbocycles. The van der Waals surface area contributed by atoms with Gasteiger partial charge in [-0.15, -0.1) is 11.8 Å². The highest BCUT2D eigenvalue weighted by atomic mass is 32.2. The normalized spacial score (nSPS) is 18.0. The molecular formula is C33H38N2O8S. The summed E-state index contributed by atoms with van der Waals surface area (Å²) in [5, 5.41) is 30.5. The number of benzene rings is 3. The molecule has 3 atom stereocenters. The summed E-state index contributed by atoms with van der Waals surface area (Å²) in [5.74, 6) is -0.995. The Morgan fingerprint density at radius 3 is 2.27 bits per heavy atom. The molecule has 1 aliphatic rings. The number of hydrogen-bond acceptors (Lipinski definition) is 8. The molecule has 0 aliphatic carbocycles. The molecule has 0 radical (unpaired) electrons. The van der Waals surface area contributed by atoms with E-state index >= 15 is 0 Å². The van der Waals surface area contributed by atoms with E-state index in [1.54, 1.807) is 29.7 Å². The number of rotatable bonds is 15. The van der Waals surface area contributed by atoms with Gasteiger partial charge in [-0.25, -0.2) is 10.3 Å². The van der Waals surface area contributed by atoms with E-state index in [2.05, 4.69) is 5.32 Å². The molecule has 5 N–H and O–H groups in total. The van der Waals surface area contributed by atoms with Crippen LogP contribution in [0.1, 0.15) is 84.4 Å². The summed E-state index contributed by atoms with van der Waals surface area (Å²) in [4.78, 5) is 36.0. The number of ether oxygens (including phenoxy) is 2. The van der Waals surface area contributed by atoms with Crippen molar-refractivity contribution in [1.29, 1.82) is 0 Å². The van der Waals surface area contributed by atoms with Crippen LogP contribution in [0.2, 0.25) is 0 Å². The van der Waals surface area contributed by atoms with Crippen molar-refractivity contribution in [2.45, 2.75) is 74.9 Å². The summed E-state index contributed by atoms with van der Waals surface area (Å²) in [6.45, 7) is -0.0539. The van der Waals surface area contributed by atoms with Crippen molar-refractivity contribution >= 4 is 35.2 Å². The number of aliphatic hydroxyl groups is 1. The third-order valence-electron chi connectivity index (χ3n) is 7.28. The molecule has 0 bridgehead atoms. The highest BCUT2D eigenvalue weighted by molar-refractivity contribution is 7.99. The van der Waals surface area contributed by atoms with Crippen LogP contribution in [-0.2, 0) is 25.7 Å². The van der Waals surface area contributed by atoms with Gasteiger partial charge < -0.3 is 25.0 Å². The summed E-state index contributed by atoms with van der Waals surface area (Å²) >= 11 is 1.43. The number of hydrogen-bond donors (Lipinski definition) is 5. The molecule has 2 amide bonds. The minimum Gasteiger partial charge on any atom is -0.478 e. The second kappa shape index (κ2) is 16.9. The highest BCUT2D eigenvalue weighted by Gasteiger charge is 2.32. The van der Waals surface area contributed by atoms with E-state index in [9.17, 15) is 24.6 Å². The predicted octanol–water partition coefficient (Wildman–Crippen LogP) is 6.00. The van der Waals surface area contributed by atoms with Crippen LogP contribution in [0.4, 0.5) is 5.69 Å². The molecule has 1 fully saturated rings. The zero-order valence-electron chi connectivity index (χ0n) is 24.3. The van der Waals surface area contributed by atoms with Crippen molar-refractivity contribution < 1.29 is 39.3 Å². The lowest BCUT2D eigenvalue weighted by molar-refractivity contribution is -0.245. The fourth-order valence-electron chi connectivity index (χ4n) is 4.94. The van der Waals surface area contributed by atoms with Crippen molar-refractivity contribution in [2.24, 2.45) is 0 Å². The number of unbranched alkanes of at least 4 members (excludes halogenated alkanes) is 3. The quantitative estimate of drug-likeness (QED) is 0.0594. The van der Waals surface area contributed by atoms with Gasteiger partial charge >= 0.3 is 5.97 Å². The average Bonchev–Trinajstić information content (AvgIpc) is 3.05. The van der Waals surface area contributed by atoms with Crippen LogP contribution in [0.15, 0.2) is 77.7 Å². The monoisotopic (exact) mass is 622 g/mol. The first-order valence-electron chi connectivity index (χ1n) is 14.6.